The fraction of sp³-hybridized carbons (Fsp3) is 0.154. The predicted octanol–water partition coefficient (Wildman–Crippen LogP) is 1.09. The van der Waals surface area contributed by atoms with Gasteiger partial charge in [-0.05, 0) is 36.4 Å². The molecule has 1 aromatic heterocycles. The molecule has 0 aliphatic rings. The SMILES string of the molecule is O=C([O-])CC(NS(=O)(=O)c1ccc(Cl)cc1)c1ccco1. The maximum absolute atomic E-state index is 12.2. The van der Waals surface area contributed by atoms with Gasteiger partial charge >= 0.3 is 0 Å². The Morgan fingerprint density at radius 1 is 1.29 bits per heavy atom. The lowest BCUT2D eigenvalue weighted by Gasteiger charge is -2.17. The third-order valence-corrected chi connectivity index (χ3v) is 4.42. The number of halogens is 1. The monoisotopic (exact) mass is 328 g/mol. The molecule has 1 N–H and O–H groups in total. The van der Waals surface area contributed by atoms with Crippen molar-refractivity contribution in [3.63, 3.8) is 0 Å². The quantitative estimate of drug-likeness (QED) is 0.855. The standard InChI is InChI=1S/C13H12ClNO5S/c14-9-3-5-10(6-4-9)21(18,19)15-11(8-13(16)17)12-2-1-7-20-12/h1-7,11,15H,8H2,(H,16,17)/p-1. The summed E-state index contributed by atoms with van der Waals surface area (Å²) in [6.45, 7) is 0. The van der Waals surface area contributed by atoms with Gasteiger partial charge in [0.25, 0.3) is 0 Å². The molecule has 2 rings (SSSR count). The number of hydrogen-bond donors (Lipinski definition) is 1. The van der Waals surface area contributed by atoms with Crippen molar-refractivity contribution in [3.05, 3.63) is 53.4 Å². The Hall–Kier alpha value is -1.83. The molecule has 1 aromatic carbocycles. The molecule has 2 aromatic rings. The number of benzene rings is 1. The normalized spacial score (nSPS) is 13.0. The summed E-state index contributed by atoms with van der Waals surface area (Å²) >= 11 is 5.70. The van der Waals surface area contributed by atoms with E-state index in [4.69, 9.17) is 16.0 Å². The van der Waals surface area contributed by atoms with E-state index in [1.54, 1.807) is 0 Å². The fourth-order valence-corrected chi connectivity index (χ4v) is 3.06. The summed E-state index contributed by atoms with van der Waals surface area (Å²) in [6.07, 6.45) is 0.786. The van der Waals surface area contributed by atoms with Crippen molar-refractivity contribution >= 4 is 27.6 Å². The highest BCUT2D eigenvalue weighted by Gasteiger charge is 2.23. The molecule has 1 heterocycles. The average Bonchev–Trinajstić information content (AvgIpc) is 2.91. The molecule has 0 saturated heterocycles. The molecule has 8 heteroatoms. The third kappa shape index (κ3) is 4.07. The molecule has 0 bridgehead atoms. The highest BCUT2D eigenvalue weighted by Crippen LogP contribution is 2.21. The second-order valence-corrected chi connectivity index (χ2v) is 6.37. The molecule has 0 fully saturated rings. The van der Waals surface area contributed by atoms with Crippen molar-refractivity contribution in [1.82, 2.24) is 4.72 Å². The number of carbonyl (C=O) groups excluding carboxylic acids is 1. The Morgan fingerprint density at radius 3 is 2.48 bits per heavy atom. The minimum atomic E-state index is -3.91. The van der Waals surface area contributed by atoms with Crippen LogP contribution in [0.2, 0.25) is 5.02 Å². The molecule has 0 saturated carbocycles. The van der Waals surface area contributed by atoms with E-state index in [1.807, 2.05) is 0 Å². The summed E-state index contributed by atoms with van der Waals surface area (Å²) in [5.41, 5.74) is 0. The minimum Gasteiger partial charge on any atom is -0.550 e. The van der Waals surface area contributed by atoms with E-state index in [2.05, 4.69) is 4.72 Å². The molecule has 6 nitrogen and oxygen atoms in total. The first kappa shape index (κ1) is 15.6. The Morgan fingerprint density at radius 2 is 1.95 bits per heavy atom. The van der Waals surface area contributed by atoms with Crippen LogP contribution < -0.4 is 9.83 Å². The lowest BCUT2D eigenvalue weighted by atomic mass is 10.2. The average molecular weight is 329 g/mol. The summed E-state index contributed by atoms with van der Waals surface area (Å²) in [7, 11) is -3.91. The summed E-state index contributed by atoms with van der Waals surface area (Å²) in [4.78, 5) is 10.7. The van der Waals surface area contributed by atoms with Crippen molar-refractivity contribution < 1.29 is 22.7 Å². The van der Waals surface area contributed by atoms with Gasteiger partial charge in [-0.25, -0.2) is 13.1 Å². The number of hydrogen-bond acceptors (Lipinski definition) is 5. The van der Waals surface area contributed by atoms with Crippen LogP contribution in [-0.2, 0) is 14.8 Å². The summed E-state index contributed by atoms with van der Waals surface area (Å²) in [5.74, 6) is -1.20. The van der Waals surface area contributed by atoms with Crippen LogP contribution in [0.1, 0.15) is 18.2 Å². The first-order valence-electron chi connectivity index (χ1n) is 5.89. The number of rotatable bonds is 6. The fourth-order valence-electron chi connectivity index (χ4n) is 1.73. The Bertz CT molecular complexity index is 710. The molecule has 0 amide bonds. The second kappa shape index (κ2) is 6.30. The van der Waals surface area contributed by atoms with Gasteiger partial charge in [-0.2, -0.15) is 0 Å². The molecule has 1 unspecified atom stereocenters. The maximum Gasteiger partial charge on any atom is 0.241 e. The third-order valence-electron chi connectivity index (χ3n) is 2.68. The zero-order valence-electron chi connectivity index (χ0n) is 10.7. The second-order valence-electron chi connectivity index (χ2n) is 4.22. The topological polar surface area (TPSA) is 99.4 Å². The molecular formula is C13H11ClNO5S-. The van der Waals surface area contributed by atoms with E-state index in [0.29, 0.717) is 5.02 Å². The summed E-state index contributed by atoms with van der Waals surface area (Å²) < 4.78 is 31.8. The van der Waals surface area contributed by atoms with Crippen LogP contribution in [-0.4, -0.2) is 14.4 Å². The van der Waals surface area contributed by atoms with Gasteiger partial charge in [-0.3, -0.25) is 0 Å². The minimum absolute atomic E-state index is 0.0261. The molecule has 0 aliphatic heterocycles. The van der Waals surface area contributed by atoms with Crippen molar-refractivity contribution in [2.24, 2.45) is 0 Å². The Kier molecular flexibility index (Phi) is 4.66. The lowest BCUT2D eigenvalue weighted by Crippen LogP contribution is -2.34. The number of aliphatic carboxylic acids is 1. The zero-order valence-corrected chi connectivity index (χ0v) is 12.2. The van der Waals surface area contributed by atoms with Crippen molar-refractivity contribution in [2.75, 3.05) is 0 Å². The molecule has 0 radical (unpaired) electrons. The molecule has 112 valence electrons. The van der Waals surface area contributed by atoms with Gasteiger partial charge < -0.3 is 14.3 Å². The van der Waals surface area contributed by atoms with Crippen molar-refractivity contribution in [1.29, 1.82) is 0 Å². The van der Waals surface area contributed by atoms with Crippen LogP contribution >= 0.6 is 11.6 Å². The predicted molar refractivity (Wildman–Crippen MR) is 72.8 cm³/mol. The van der Waals surface area contributed by atoms with E-state index in [0.717, 1.165) is 0 Å². The highest BCUT2D eigenvalue weighted by molar-refractivity contribution is 7.89. The van der Waals surface area contributed by atoms with Crippen LogP contribution in [0, 0.1) is 0 Å². The van der Waals surface area contributed by atoms with Gasteiger partial charge in [0.1, 0.15) is 5.76 Å². The first-order chi connectivity index (χ1) is 9.88. The van der Waals surface area contributed by atoms with Crippen LogP contribution in [0.4, 0.5) is 0 Å². The van der Waals surface area contributed by atoms with Crippen molar-refractivity contribution in [3.8, 4) is 0 Å². The molecular weight excluding hydrogens is 318 g/mol. The van der Waals surface area contributed by atoms with E-state index in [1.165, 1.54) is 42.7 Å². The zero-order chi connectivity index (χ0) is 15.5. The lowest BCUT2D eigenvalue weighted by molar-refractivity contribution is -0.306. The number of sulfonamides is 1. The van der Waals surface area contributed by atoms with E-state index in [-0.39, 0.29) is 10.7 Å². The van der Waals surface area contributed by atoms with E-state index >= 15 is 0 Å². The van der Waals surface area contributed by atoms with Gasteiger partial charge in [0, 0.05) is 17.4 Å². The molecule has 0 aliphatic carbocycles. The van der Waals surface area contributed by atoms with Crippen LogP contribution in [0.15, 0.2) is 52.0 Å². The van der Waals surface area contributed by atoms with Crippen LogP contribution in [0.25, 0.3) is 0 Å². The van der Waals surface area contributed by atoms with Crippen molar-refractivity contribution in [2.45, 2.75) is 17.4 Å². The summed E-state index contributed by atoms with van der Waals surface area (Å²) in [5, 5.41) is 11.2. The maximum atomic E-state index is 12.2. The number of carboxylic acid groups (broad SMARTS) is 1. The van der Waals surface area contributed by atoms with E-state index in [9.17, 15) is 18.3 Å². The summed E-state index contributed by atoms with van der Waals surface area (Å²) in [6, 6.07) is 7.47. The van der Waals surface area contributed by atoms with E-state index < -0.39 is 28.5 Å². The van der Waals surface area contributed by atoms with Crippen LogP contribution in [0.3, 0.4) is 0 Å². The van der Waals surface area contributed by atoms with Gasteiger partial charge in [0.05, 0.1) is 17.2 Å². The van der Waals surface area contributed by atoms with Gasteiger partial charge in [-0.1, -0.05) is 11.6 Å². The molecule has 0 spiro atoms. The highest BCUT2D eigenvalue weighted by atomic mass is 35.5. The number of furan rings is 1. The molecule has 1 atom stereocenters. The first-order valence-corrected chi connectivity index (χ1v) is 7.76. The smallest absolute Gasteiger partial charge is 0.241 e. The Labute approximate surface area is 126 Å². The number of carbonyl (C=O) groups is 1. The van der Waals surface area contributed by atoms with Crippen LogP contribution in [0.5, 0.6) is 0 Å². The number of carboxylic acids is 1. The molecule has 21 heavy (non-hydrogen) atoms. The van der Waals surface area contributed by atoms with Gasteiger partial charge in [-0.15, -0.1) is 0 Å². The van der Waals surface area contributed by atoms with Gasteiger partial charge in [0.15, 0.2) is 0 Å². The largest absolute Gasteiger partial charge is 0.550 e. The number of nitrogens with one attached hydrogen (secondary N) is 1. The Balaban J connectivity index is 2.27. The van der Waals surface area contributed by atoms with Gasteiger partial charge in [0.2, 0.25) is 10.0 Å².